The van der Waals surface area contributed by atoms with Crippen molar-refractivity contribution in [3.8, 4) is 11.8 Å². The minimum absolute atomic E-state index is 0.00381. The molecule has 0 radical (unpaired) electrons. The maximum atomic E-state index is 11.5. The normalized spacial score (nSPS) is 26.4. The van der Waals surface area contributed by atoms with Crippen molar-refractivity contribution in [3.63, 3.8) is 0 Å². The highest BCUT2D eigenvalue weighted by molar-refractivity contribution is 5.83. The van der Waals surface area contributed by atoms with Gasteiger partial charge in [0, 0.05) is 30.0 Å². The van der Waals surface area contributed by atoms with Crippen molar-refractivity contribution in [3.05, 3.63) is 23.8 Å². The standard InChI is InChI=1S/C14H15NO5/c1-3-10(17)20-9-5-7-4-8(9)12-11(7)13(18)15(6(2)16)14(12)19/h3,7-9,18-19H,1,4-5H2,2H3. The molecule has 1 heterocycles. The van der Waals surface area contributed by atoms with Crippen LogP contribution in [0, 0.1) is 0 Å². The largest absolute Gasteiger partial charge is 0.494 e. The van der Waals surface area contributed by atoms with Crippen LogP contribution >= 0.6 is 0 Å². The molecule has 2 aliphatic rings. The van der Waals surface area contributed by atoms with Gasteiger partial charge in [-0.3, -0.25) is 4.79 Å². The molecule has 1 fully saturated rings. The molecule has 0 aromatic carbocycles. The van der Waals surface area contributed by atoms with Gasteiger partial charge in [0.05, 0.1) is 0 Å². The van der Waals surface area contributed by atoms with Crippen LogP contribution in [-0.2, 0) is 9.53 Å². The first kappa shape index (κ1) is 12.8. The first-order valence-electron chi connectivity index (χ1n) is 6.46. The van der Waals surface area contributed by atoms with Gasteiger partial charge < -0.3 is 14.9 Å². The van der Waals surface area contributed by atoms with E-state index in [4.69, 9.17) is 4.74 Å². The van der Waals surface area contributed by atoms with Crippen LogP contribution in [0.2, 0.25) is 0 Å². The van der Waals surface area contributed by atoms with E-state index < -0.39 is 11.9 Å². The average molecular weight is 277 g/mol. The molecule has 1 aromatic heterocycles. The van der Waals surface area contributed by atoms with E-state index in [1.54, 1.807) is 0 Å². The van der Waals surface area contributed by atoms with Crippen LogP contribution in [0.15, 0.2) is 12.7 Å². The van der Waals surface area contributed by atoms with E-state index in [-0.39, 0.29) is 29.7 Å². The number of fused-ring (bicyclic) bond motifs is 5. The summed E-state index contributed by atoms with van der Waals surface area (Å²) in [6.07, 6.45) is 2.06. The summed E-state index contributed by atoms with van der Waals surface area (Å²) in [6, 6.07) is 0. The second kappa shape index (κ2) is 4.13. The number of aromatic hydroxyl groups is 2. The molecule has 2 aliphatic carbocycles. The Morgan fingerprint density at radius 3 is 2.55 bits per heavy atom. The summed E-state index contributed by atoms with van der Waals surface area (Å²) in [7, 11) is 0. The summed E-state index contributed by atoms with van der Waals surface area (Å²) in [5, 5.41) is 20.2. The van der Waals surface area contributed by atoms with Crippen LogP contribution in [0.4, 0.5) is 0 Å². The zero-order valence-corrected chi connectivity index (χ0v) is 11.0. The Morgan fingerprint density at radius 2 is 1.95 bits per heavy atom. The molecule has 1 aromatic rings. The third kappa shape index (κ3) is 1.51. The summed E-state index contributed by atoms with van der Waals surface area (Å²) in [6.45, 7) is 4.62. The lowest BCUT2D eigenvalue weighted by atomic mass is 9.92. The highest BCUT2D eigenvalue weighted by Gasteiger charge is 2.51. The van der Waals surface area contributed by atoms with Gasteiger partial charge in [0.2, 0.25) is 17.7 Å². The lowest BCUT2D eigenvalue weighted by Gasteiger charge is -2.21. The average Bonchev–Trinajstić information content (AvgIpc) is 3.01. The quantitative estimate of drug-likeness (QED) is 0.633. The fraction of sp³-hybridized carbons (Fsp3) is 0.429. The Morgan fingerprint density at radius 1 is 1.30 bits per heavy atom. The molecule has 2 bridgehead atoms. The van der Waals surface area contributed by atoms with Crippen LogP contribution in [0.25, 0.3) is 0 Å². The smallest absolute Gasteiger partial charge is 0.330 e. The van der Waals surface area contributed by atoms with Crippen LogP contribution in [0.3, 0.4) is 0 Å². The summed E-state index contributed by atoms with van der Waals surface area (Å²) in [5.41, 5.74) is 1.16. The molecule has 2 N–H and O–H groups in total. The number of carbonyl (C=O) groups excluding carboxylic acids is 2. The molecule has 6 heteroatoms. The lowest BCUT2D eigenvalue weighted by molar-refractivity contribution is -0.143. The zero-order valence-electron chi connectivity index (χ0n) is 11.0. The van der Waals surface area contributed by atoms with Crippen molar-refractivity contribution < 1.29 is 24.5 Å². The first-order chi connectivity index (χ1) is 9.45. The van der Waals surface area contributed by atoms with Gasteiger partial charge in [-0.1, -0.05) is 6.58 Å². The summed E-state index contributed by atoms with van der Waals surface area (Å²) in [4.78, 5) is 22.8. The molecule has 0 spiro atoms. The second-order valence-corrected chi connectivity index (χ2v) is 5.28. The van der Waals surface area contributed by atoms with Crippen LogP contribution < -0.4 is 0 Å². The van der Waals surface area contributed by atoms with Crippen molar-refractivity contribution in [2.75, 3.05) is 0 Å². The molecule has 3 unspecified atom stereocenters. The van der Waals surface area contributed by atoms with Gasteiger partial charge in [0.1, 0.15) is 6.10 Å². The Hall–Kier alpha value is -2.24. The van der Waals surface area contributed by atoms with Gasteiger partial charge in [-0.2, -0.15) is 0 Å². The molecule has 20 heavy (non-hydrogen) atoms. The molecule has 0 amide bonds. The van der Waals surface area contributed by atoms with Crippen molar-refractivity contribution in [1.29, 1.82) is 0 Å². The van der Waals surface area contributed by atoms with Gasteiger partial charge >= 0.3 is 5.97 Å². The predicted octanol–water partition coefficient (Wildman–Crippen LogP) is 1.63. The zero-order chi connectivity index (χ0) is 14.6. The topological polar surface area (TPSA) is 88.8 Å². The van der Waals surface area contributed by atoms with E-state index in [1.165, 1.54) is 6.92 Å². The molecule has 6 nitrogen and oxygen atoms in total. The van der Waals surface area contributed by atoms with E-state index in [2.05, 4.69) is 6.58 Å². The number of aromatic nitrogens is 1. The third-order valence-corrected chi connectivity index (χ3v) is 4.23. The van der Waals surface area contributed by atoms with Crippen molar-refractivity contribution in [1.82, 2.24) is 4.57 Å². The Bertz CT molecular complexity index is 630. The molecule has 3 atom stereocenters. The molecular weight excluding hydrogens is 262 g/mol. The minimum atomic E-state index is -0.501. The third-order valence-electron chi connectivity index (χ3n) is 4.23. The summed E-state index contributed by atoms with van der Waals surface area (Å²) in [5.74, 6) is -1.55. The number of esters is 1. The van der Waals surface area contributed by atoms with Gasteiger partial charge in [-0.15, -0.1) is 0 Å². The number of rotatable bonds is 2. The molecule has 3 rings (SSSR count). The second-order valence-electron chi connectivity index (χ2n) is 5.28. The molecule has 1 saturated carbocycles. The number of hydrogen-bond acceptors (Lipinski definition) is 5. The molecule has 0 aliphatic heterocycles. The van der Waals surface area contributed by atoms with Crippen LogP contribution in [0.1, 0.15) is 47.5 Å². The fourth-order valence-electron chi connectivity index (χ4n) is 3.51. The first-order valence-corrected chi connectivity index (χ1v) is 6.46. The monoisotopic (exact) mass is 277 g/mol. The van der Waals surface area contributed by atoms with Gasteiger partial charge in [0.15, 0.2) is 0 Å². The van der Waals surface area contributed by atoms with Gasteiger partial charge in [-0.25, -0.2) is 9.36 Å². The molecule has 106 valence electrons. The SMILES string of the molecule is C=CC(=O)OC1CC2CC1c1c2c(O)n(C(C)=O)c1O. The molecule has 0 saturated heterocycles. The van der Waals surface area contributed by atoms with E-state index in [9.17, 15) is 19.8 Å². The molecular formula is C14H15NO5. The van der Waals surface area contributed by atoms with E-state index >= 15 is 0 Å². The number of nitrogens with zero attached hydrogens (tertiary/aromatic N) is 1. The highest BCUT2D eigenvalue weighted by Crippen LogP contribution is 2.60. The van der Waals surface area contributed by atoms with Gasteiger partial charge in [-0.05, 0) is 18.8 Å². The van der Waals surface area contributed by atoms with Crippen molar-refractivity contribution >= 4 is 11.9 Å². The maximum Gasteiger partial charge on any atom is 0.330 e. The number of hydrogen-bond donors (Lipinski definition) is 2. The van der Waals surface area contributed by atoms with Crippen LogP contribution in [0.5, 0.6) is 11.8 Å². The fourth-order valence-corrected chi connectivity index (χ4v) is 3.51. The minimum Gasteiger partial charge on any atom is -0.494 e. The highest BCUT2D eigenvalue weighted by atomic mass is 16.5. The summed E-state index contributed by atoms with van der Waals surface area (Å²) < 4.78 is 6.18. The Balaban J connectivity index is 2.01. The number of ether oxygens (including phenoxy) is 1. The summed E-state index contributed by atoms with van der Waals surface area (Å²) >= 11 is 0. The predicted molar refractivity (Wildman–Crippen MR) is 68.9 cm³/mol. The maximum absolute atomic E-state index is 11.5. The lowest BCUT2D eigenvalue weighted by Crippen LogP contribution is -2.22. The van der Waals surface area contributed by atoms with E-state index in [0.29, 0.717) is 24.0 Å². The van der Waals surface area contributed by atoms with Crippen molar-refractivity contribution in [2.45, 2.75) is 37.7 Å². The van der Waals surface area contributed by atoms with Gasteiger partial charge in [0.25, 0.3) is 0 Å². The van der Waals surface area contributed by atoms with Crippen molar-refractivity contribution in [2.24, 2.45) is 0 Å². The Labute approximate surface area is 115 Å². The van der Waals surface area contributed by atoms with E-state index in [1.807, 2.05) is 0 Å². The number of carbonyl (C=O) groups is 2. The Kier molecular flexibility index (Phi) is 2.64. The van der Waals surface area contributed by atoms with Crippen LogP contribution in [-0.4, -0.2) is 32.8 Å². The van der Waals surface area contributed by atoms with E-state index in [0.717, 1.165) is 10.6 Å².